The van der Waals surface area contributed by atoms with Gasteiger partial charge in [0.2, 0.25) is 0 Å². The lowest BCUT2D eigenvalue weighted by atomic mass is 10.1. The highest BCUT2D eigenvalue weighted by atomic mass is 19.4. The predicted octanol–water partition coefficient (Wildman–Crippen LogP) is 5.51. The first kappa shape index (κ1) is 17.0. The summed E-state index contributed by atoms with van der Waals surface area (Å²) in [5.41, 5.74) is 2.00. The van der Waals surface area contributed by atoms with Crippen LogP contribution in [0.1, 0.15) is 28.5 Å². The maximum atomic E-state index is 12.9. The molecule has 3 aromatic rings. The Morgan fingerprint density at radius 1 is 1.08 bits per heavy atom. The second kappa shape index (κ2) is 6.20. The lowest BCUT2D eigenvalue weighted by molar-refractivity contribution is -0.137. The SMILES string of the molecule is CC(=O)c1cccc(Nc2cc(C)nc3cc(C(F)(F)F)ccc23)c1. The number of carbonyl (C=O) groups is 1. The Morgan fingerprint density at radius 3 is 2.52 bits per heavy atom. The Bertz CT molecular complexity index is 965. The van der Waals surface area contributed by atoms with Crippen LogP contribution in [0.4, 0.5) is 24.5 Å². The Kier molecular flexibility index (Phi) is 4.20. The molecule has 2 aromatic carbocycles. The standard InChI is InChI=1S/C19H15F3N2O/c1-11-8-17(24-15-5-3-4-13(9-15)12(2)25)16-7-6-14(19(20,21)22)10-18(16)23-11/h3-10H,1-2H3,(H,23,24). The summed E-state index contributed by atoms with van der Waals surface area (Å²) in [5, 5.41) is 3.74. The molecule has 0 unspecified atom stereocenters. The Labute approximate surface area is 142 Å². The van der Waals surface area contributed by atoms with E-state index in [1.165, 1.54) is 13.0 Å². The fourth-order valence-electron chi connectivity index (χ4n) is 2.61. The summed E-state index contributed by atoms with van der Waals surface area (Å²) in [4.78, 5) is 15.7. The van der Waals surface area contributed by atoms with Crippen molar-refractivity contribution in [2.24, 2.45) is 0 Å². The van der Waals surface area contributed by atoms with Gasteiger partial charge in [-0.25, -0.2) is 0 Å². The highest BCUT2D eigenvalue weighted by molar-refractivity contribution is 5.96. The molecule has 1 aromatic heterocycles. The second-order valence-corrected chi connectivity index (χ2v) is 5.80. The van der Waals surface area contributed by atoms with Gasteiger partial charge in [-0.05, 0) is 44.2 Å². The molecule has 0 radical (unpaired) electrons. The van der Waals surface area contributed by atoms with E-state index < -0.39 is 11.7 Å². The highest BCUT2D eigenvalue weighted by Crippen LogP contribution is 2.33. The van der Waals surface area contributed by atoms with Gasteiger partial charge in [0.15, 0.2) is 5.78 Å². The van der Waals surface area contributed by atoms with E-state index in [0.29, 0.717) is 28.0 Å². The molecule has 0 aliphatic heterocycles. The number of anilines is 2. The van der Waals surface area contributed by atoms with E-state index in [1.54, 1.807) is 37.3 Å². The smallest absolute Gasteiger partial charge is 0.355 e. The third-order valence-corrected chi connectivity index (χ3v) is 3.81. The van der Waals surface area contributed by atoms with E-state index >= 15 is 0 Å². The average Bonchev–Trinajstić information content (AvgIpc) is 2.53. The van der Waals surface area contributed by atoms with Crippen LogP contribution in [0.15, 0.2) is 48.5 Å². The monoisotopic (exact) mass is 344 g/mol. The molecule has 0 bridgehead atoms. The summed E-state index contributed by atoms with van der Waals surface area (Å²) in [6.45, 7) is 3.20. The summed E-state index contributed by atoms with van der Waals surface area (Å²) >= 11 is 0. The van der Waals surface area contributed by atoms with Gasteiger partial charge in [0.05, 0.1) is 11.1 Å². The molecule has 0 aliphatic rings. The van der Waals surface area contributed by atoms with Gasteiger partial charge in [0, 0.05) is 28.0 Å². The van der Waals surface area contributed by atoms with Crippen LogP contribution in [0.25, 0.3) is 10.9 Å². The van der Waals surface area contributed by atoms with Crippen LogP contribution in [-0.2, 0) is 6.18 Å². The first-order chi connectivity index (χ1) is 11.7. The molecule has 128 valence electrons. The number of aromatic nitrogens is 1. The molecule has 6 heteroatoms. The number of aryl methyl sites for hydroxylation is 1. The van der Waals surface area contributed by atoms with Gasteiger partial charge in [-0.1, -0.05) is 18.2 Å². The van der Waals surface area contributed by atoms with Crippen molar-refractivity contribution < 1.29 is 18.0 Å². The number of alkyl halides is 3. The number of carbonyl (C=O) groups excluding carboxylic acids is 1. The number of ketones is 1. The van der Waals surface area contributed by atoms with Crippen molar-refractivity contribution in [3.63, 3.8) is 0 Å². The zero-order valence-electron chi connectivity index (χ0n) is 13.6. The van der Waals surface area contributed by atoms with E-state index in [2.05, 4.69) is 10.3 Å². The van der Waals surface area contributed by atoms with Crippen molar-refractivity contribution in [2.45, 2.75) is 20.0 Å². The minimum atomic E-state index is -4.41. The van der Waals surface area contributed by atoms with Gasteiger partial charge in [0.1, 0.15) is 0 Å². The van der Waals surface area contributed by atoms with Crippen LogP contribution in [0.5, 0.6) is 0 Å². The number of halogens is 3. The average molecular weight is 344 g/mol. The molecular formula is C19H15F3N2O. The first-order valence-corrected chi connectivity index (χ1v) is 7.61. The highest BCUT2D eigenvalue weighted by Gasteiger charge is 2.30. The zero-order valence-corrected chi connectivity index (χ0v) is 13.6. The number of Topliss-reactive ketones (excluding diaryl/α,β-unsaturated/α-hetero) is 1. The van der Waals surface area contributed by atoms with Crippen LogP contribution in [0.2, 0.25) is 0 Å². The number of hydrogen-bond acceptors (Lipinski definition) is 3. The molecule has 0 fully saturated rings. The van der Waals surface area contributed by atoms with Gasteiger partial charge in [-0.15, -0.1) is 0 Å². The molecule has 0 saturated heterocycles. The van der Waals surface area contributed by atoms with E-state index in [4.69, 9.17) is 0 Å². The largest absolute Gasteiger partial charge is 0.416 e. The number of fused-ring (bicyclic) bond motifs is 1. The fourth-order valence-corrected chi connectivity index (χ4v) is 2.61. The molecule has 3 rings (SSSR count). The normalized spacial score (nSPS) is 11.6. The van der Waals surface area contributed by atoms with Crippen molar-refractivity contribution in [3.05, 3.63) is 65.4 Å². The van der Waals surface area contributed by atoms with Gasteiger partial charge >= 0.3 is 6.18 Å². The number of benzene rings is 2. The van der Waals surface area contributed by atoms with Crippen molar-refractivity contribution in [2.75, 3.05) is 5.32 Å². The van der Waals surface area contributed by atoms with Crippen LogP contribution < -0.4 is 5.32 Å². The first-order valence-electron chi connectivity index (χ1n) is 7.61. The van der Waals surface area contributed by atoms with Gasteiger partial charge in [0.25, 0.3) is 0 Å². The summed E-state index contributed by atoms with van der Waals surface area (Å²) in [6.07, 6.45) is -4.41. The van der Waals surface area contributed by atoms with Crippen molar-refractivity contribution >= 4 is 28.1 Å². The molecule has 0 saturated carbocycles. The zero-order chi connectivity index (χ0) is 18.2. The minimum absolute atomic E-state index is 0.0609. The Hall–Kier alpha value is -2.89. The van der Waals surface area contributed by atoms with Crippen LogP contribution >= 0.6 is 0 Å². The van der Waals surface area contributed by atoms with E-state index in [1.807, 2.05) is 0 Å². The summed E-state index contributed by atoms with van der Waals surface area (Å²) in [7, 11) is 0. The maximum Gasteiger partial charge on any atom is 0.416 e. The summed E-state index contributed by atoms with van der Waals surface area (Å²) in [6, 6.07) is 12.2. The lowest BCUT2D eigenvalue weighted by Crippen LogP contribution is -2.05. The van der Waals surface area contributed by atoms with Gasteiger partial charge in [-0.3, -0.25) is 9.78 Å². The number of pyridine rings is 1. The van der Waals surface area contributed by atoms with Crippen molar-refractivity contribution in [1.82, 2.24) is 4.98 Å². The Balaban J connectivity index is 2.07. The van der Waals surface area contributed by atoms with Crippen LogP contribution in [-0.4, -0.2) is 10.8 Å². The third-order valence-electron chi connectivity index (χ3n) is 3.81. The van der Waals surface area contributed by atoms with Crippen molar-refractivity contribution in [3.8, 4) is 0 Å². The number of rotatable bonds is 3. The Morgan fingerprint density at radius 2 is 1.84 bits per heavy atom. The van der Waals surface area contributed by atoms with Gasteiger partial charge in [-0.2, -0.15) is 13.2 Å². The maximum absolute atomic E-state index is 12.9. The molecule has 1 heterocycles. The molecule has 1 N–H and O–H groups in total. The number of nitrogens with zero attached hydrogens (tertiary/aromatic N) is 1. The molecular weight excluding hydrogens is 329 g/mol. The number of hydrogen-bond donors (Lipinski definition) is 1. The fraction of sp³-hybridized carbons (Fsp3) is 0.158. The molecule has 25 heavy (non-hydrogen) atoms. The van der Waals surface area contributed by atoms with E-state index in [-0.39, 0.29) is 11.3 Å². The van der Waals surface area contributed by atoms with Crippen LogP contribution in [0, 0.1) is 6.92 Å². The number of nitrogens with one attached hydrogen (secondary N) is 1. The minimum Gasteiger partial charge on any atom is -0.355 e. The third kappa shape index (κ3) is 3.63. The van der Waals surface area contributed by atoms with E-state index in [0.717, 1.165) is 12.1 Å². The quantitative estimate of drug-likeness (QED) is 0.637. The molecule has 0 atom stereocenters. The van der Waals surface area contributed by atoms with Gasteiger partial charge < -0.3 is 5.32 Å². The molecule has 0 amide bonds. The lowest BCUT2D eigenvalue weighted by Gasteiger charge is -2.13. The molecule has 0 spiro atoms. The summed E-state index contributed by atoms with van der Waals surface area (Å²) in [5.74, 6) is -0.0609. The predicted molar refractivity (Wildman–Crippen MR) is 91.2 cm³/mol. The second-order valence-electron chi connectivity index (χ2n) is 5.80. The van der Waals surface area contributed by atoms with Crippen LogP contribution in [0.3, 0.4) is 0 Å². The topological polar surface area (TPSA) is 42.0 Å². The summed E-state index contributed by atoms with van der Waals surface area (Å²) < 4.78 is 38.7. The van der Waals surface area contributed by atoms with E-state index in [9.17, 15) is 18.0 Å². The molecule has 0 aliphatic carbocycles. The van der Waals surface area contributed by atoms with Crippen molar-refractivity contribution in [1.29, 1.82) is 0 Å². The molecule has 3 nitrogen and oxygen atoms in total.